The van der Waals surface area contributed by atoms with E-state index in [9.17, 15) is 19.5 Å². The second-order valence-electron chi connectivity index (χ2n) is 5.63. The van der Waals surface area contributed by atoms with Crippen molar-refractivity contribution in [2.75, 3.05) is 11.9 Å². The van der Waals surface area contributed by atoms with E-state index in [-0.39, 0.29) is 16.3 Å². The molecule has 2 N–H and O–H groups in total. The number of rotatable bonds is 5. The number of hydrogen-bond donors (Lipinski definition) is 2. The van der Waals surface area contributed by atoms with Gasteiger partial charge in [-0.2, -0.15) is 0 Å². The van der Waals surface area contributed by atoms with E-state index in [1.807, 2.05) is 36.4 Å². The zero-order valence-corrected chi connectivity index (χ0v) is 15.0. The van der Waals surface area contributed by atoms with Gasteiger partial charge in [0.1, 0.15) is 12.3 Å². The molecule has 0 aliphatic carbocycles. The van der Waals surface area contributed by atoms with E-state index in [1.165, 1.54) is 12.1 Å². The smallest absolute Gasteiger partial charge is 0.294 e. The van der Waals surface area contributed by atoms with E-state index in [0.717, 1.165) is 22.2 Å². The van der Waals surface area contributed by atoms with Gasteiger partial charge in [0, 0.05) is 0 Å². The van der Waals surface area contributed by atoms with Crippen molar-refractivity contribution >= 4 is 40.6 Å². The monoisotopic (exact) mass is 380 g/mol. The Kier molecular flexibility index (Phi) is 5.73. The topological polar surface area (TPSA) is 86.7 Å². The van der Waals surface area contributed by atoms with Crippen molar-refractivity contribution in [2.45, 2.75) is 0 Å². The molecule has 2 aromatic rings. The SMILES string of the molecule is O=C(CN1C(=O)SC(=CC=Cc2ccccc2)C1=O)Nc1ccccc1O. The van der Waals surface area contributed by atoms with Crippen molar-refractivity contribution < 1.29 is 19.5 Å². The lowest BCUT2D eigenvalue weighted by Crippen LogP contribution is -2.36. The molecule has 0 unspecified atom stereocenters. The zero-order valence-electron chi connectivity index (χ0n) is 14.2. The van der Waals surface area contributed by atoms with Gasteiger partial charge in [-0.05, 0) is 35.5 Å². The number of carbonyl (C=O) groups is 3. The van der Waals surface area contributed by atoms with Crippen LogP contribution in [0.2, 0.25) is 0 Å². The fourth-order valence-corrected chi connectivity index (χ4v) is 3.16. The van der Waals surface area contributed by atoms with Crippen LogP contribution < -0.4 is 5.32 Å². The van der Waals surface area contributed by atoms with E-state index in [4.69, 9.17) is 0 Å². The van der Waals surface area contributed by atoms with Gasteiger partial charge in [0.2, 0.25) is 5.91 Å². The van der Waals surface area contributed by atoms with Crippen LogP contribution >= 0.6 is 11.8 Å². The van der Waals surface area contributed by atoms with Crippen LogP contribution in [0.4, 0.5) is 10.5 Å². The van der Waals surface area contributed by atoms with E-state index < -0.39 is 23.6 Å². The number of thioether (sulfide) groups is 1. The first-order valence-electron chi connectivity index (χ1n) is 8.09. The fourth-order valence-electron chi connectivity index (χ4n) is 2.37. The van der Waals surface area contributed by atoms with Crippen LogP contribution in [-0.4, -0.2) is 33.6 Å². The average Bonchev–Trinajstić information content (AvgIpc) is 2.92. The third-order valence-corrected chi connectivity index (χ3v) is 4.61. The minimum absolute atomic E-state index is 0.0917. The zero-order chi connectivity index (χ0) is 19.2. The van der Waals surface area contributed by atoms with E-state index in [0.29, 0.717) is 0 Å². The molecule has 0 aromatic heterocycles. The van der Waals surface area contributed by atoms with Gasteiger partial charge in [0.25, 0.3) is 11.1 Å². The summed E-state index contributed by atoms with van der Waals surface area (Å²) in [5, 5.41) is 11.6. The van der Waals surface area contributed by atoms with Crippen molar-refractivity contribution in [3.05, 3.63) is 77.2 Å². The van der Waals surface area contributed by atoms with Crippen LogP contribution in [0.25, 0.3) is 6.08 Å². The highest BCUT2D eigenvalue weighted by atomic mass is 32.2. The maximum atomic E-state index is 12.4. The van der Waals surface area contributed by atoms with Crippen molar-refractivity contribution in [3.8, 4) is 5.75 Å². The number of allylic oxidation sites excluding steroid dienone is 2. The molecular weight excluding hydrogens is 364 g/mol. The normalized spacial score (nSPS) is 15.7. The lowest BCUT2D eigenvalue weighted by Gasteiger charge is -2.12. The number of hydrogen-bond acceptors (Lipinski definition) is 5. The predicted octanol–water partition coefficient (Wildman–Crippen LogP) is 3.62. The van der Waals surface area contributed by atoms with Crippen LogP contribution in [-0.2, 0) is 9.59 Å². The molecule has 6 nitrogen and oxygen atoms in total. The van der Waals surface area contributed by atoms with Crippen LogP contribution in [0.15, 0.2) is 71.7 Å². The summed E-state index contributed by atoms with van der Waals surface area (Å²) in [5.74, 6) is -1.18. The van der Waals surface area contributed by atoms with Gasteiger partial charge in [-0.3, -0.25) is 19.3 Å². The summed E-state index contributed by atoms with van der Waals surface area (Å²) in [6.45, 7) is -0.418. The quantitative estimate of drug-likeness (QED) is 0.611. The number of benzene rings is 2. The molecule has 3 rings (SSSR count). The first-order chi connectivity index (χ1) is 13.0. The maximum Gasteiger partial charge on any atom is 0.294 e. The molecule has 2 aromatic carbocycles. The van der Waals surface area contributed by atoms with Crippen molar-refractivity contribution in [1.29, 1.82) is 0 Å². The molecule has 1 fully saturated rings. The summed E-state index contributed by atoms with van der Waals surface area (Å²) in [7, 11) is 0. The van der Waals surface area contributed by atoms with Crippen LogP contribution in [0.3, 0.4) is 0 Å². The first-order valence-corrected chi connectivity index (χ1v) is 8.91. The number of aromatic hydroxyl groups is 1. The third kappa shape index (κ3) is 4.65. The number of anilines is 1. The minimum atomic E-state index is -0.570. The van der Waals surface area contributed by atoms with Crippen molar-refractivity contribution in [2.24, 2.45) is 0 Å². The van der Waals surface area contributed by atoms with Crippen LogP contribution in [0, 0.1) is 0 Å². The lowest BCUT2D eigenvalue weighted by atomic mass is 10.2. The van der Waals surface area contributed by atoms with Gasteiger partial charge in [-0.25, -0.2) is 0 Å². The Morgan fingerprint density at radius 3 is 2.52 bits per heavy atom. The molecule has 0 radical (unpaired) electrons. The van der Waals surface area contributed by atoms with E-state index in [1.54, 1.807) is 24.3 Å². The Labute approximate surface area is 160 Å². The molecule has 0 atom stereocenters. The fraction of sp³-hybridized carbons (Fsp3) is 0.0500. The number of para-hydroxylation sites is 2. The van der Waals surface area contributed by atoms with Crippen molar-refractivity contribution in [1.82, 2.24) is 4.90 Å². The predicted molar refractivity (Wildman–Crippen MR) is 105 cm³/mol. The number of phenolic OH excluding ortho intramolecular Hbond substituents is 1. The average molecular weight is 380 g/mol. The maximum absolute atomic E-state index is 12.4. The second kappa shape index (κ2) is 8.37. The summed E-state index contributed by atoms with van der Waals surface area (Å²) in [4.78, 5) is 37.7. The molecule has 7 heteroatoms. The summed E-state index contributed by atoms with van der Waals surface area (Å²) in [6.07, 6.45) is 5.06. The molecule has 27 heavy (non-hydrogen) atoms. The molecular formula is C20H16N2O4S. The van der Waals surface area contributed by atoms with Crippen LogP contribution in [0.1, 0.15) is 5.56 Å². The Balaban J connectivity index is 1.63. The molecule has 0 saturated carbocycles. The Bertz CT molecular complexity index is 938. The van der Waals surface area contributed by atoms with Gasteiger partial charge < -0.3 is 10.4 Å². The number of nitrogens with one attached hydrogen (secondary N) is 1. The number of phenols is 1. The van der Waals surface area contributed by atoms with Gasteiger partial charge in [-0.15, -0.1) is 0 Å². The lowest BCUT2D eigenvalue weighted by molar-refractivity contribution is -0.127. The second-order valence-corrected chi connectivity index (χ2v) is 6.62. The highest BCUT2D eigenvalue weighted by molar-refractivity contribution is 8.18. The number of amides is 3. The summed E-state index contributed by atoms with van der Waals surface area (Å²) < 4.78 is 0. The molecule has 1 saturated heterocycles. The summed E-state index contributed by atoms with van der Waals surface area (Å²) in [5.41, 5.74) is 1.19. The third-order valence-electron chi connectivity index (χ3n) is 3.69. The van der Waals surface area contributed by atoms with E-state index in [2.05, 4.69) is 5.32 Å². The van der Waals surface area contributed by atoms with Gasteiger partial charge in [0.15, 0.2) is 0 Å². The summed E-state index contributed by atoms with van der Waals surface area (Å²) in [6, 6.07) is 15.8. The Hall–Kier alpha value is -3.32. The molecule has 0 spiro atoms. The molecule has 1 heterocycles. The highest BCUT2D eigenvalue weighted by Gasteiger charge is 2.36. The minimum Gasteiger partial charge on any atom is -0.506 e. The van der Waals surface area contributed by atoms with Crippen LogP contribution in [0.5, 0.6) is 5.75 Å². The molecule has 3 amide bonds. The Morgan fingerprint density at radius 1 is 1.07 bits per heavy atom. The number of imide groups is 1. The number of carbonyl (C=O) groups excluding carboxylic acids is 3. The van der Waals surface area contributed by atoms with Gasteiger partial charge in [-0.1, -0.05) is 54.6 Å². The molecule has 136 valence electrons. The van der Waals surface area contributed by atoms with Gasteiger partial charge >= 0.3 is 0 Å². The Morgan fingerprint density at radius 2 is 1.78 bits per heavy atom. The van der Waals surface area contributed by atoms with Crippen molar-refractivity contribution in [3.63, 3.8) is 0 Å². The van der Waals surface area contributed by atoms with Gasteiger partial charge in [0.05, 0.1) is 10.6 Å². The van der Waals surface area contributed by atoms with E-state index >= 15 is 0 Å². The number of nitrogens with zero attached hydrogens (tertiary/aromatic N) is 1. The largest absolute Gasteiger partial charge is 0.506 e. The molecule has 1 aliphatic heterocycles. The standard InChI is InChI=1S/C20H16N2O4S/c23-16-11-5-4-10-15(16)21-18(24)13-22-19(25)17(27-20(22)26)12-6-9-14-7-2-1-3-8-14/h1-12,23H,13H2,(H,21,24). The molecule has 1 aliphatic rings. The molecule has 0 bridgehead atoms. The first kappa shape index (κ1) is 18.5. The summed E-state index contributed by atoms with van der Waals surface area (Å²) >= 11 is 0.786. The highest BCUT2D eigenvalue weighted by Crippen LogP contribution is 2.30.